The summed E-state index contributed by atoms with van der Waals surface area (Å²) in [6, 6.07) is 5.67. The maximum Gasteiger partial charge on any atom is 0.259 e. The molecule has 1 aromatic rings. The molecule has 0 aliphatic carbocycles. The number of hydrogen-bond donors (Lipinski definition) is 2. The molecule has 0 radical (unpaired) electrons. The Morgan fingerprint density at radius 2 is 2.30 bits per heavy atom. The Morgan fingerprint density at radius 3 is 3.05 bits per heavy atom. The number of ether oxygens (including phenoxy) is 1. The Kier molecular flexibility index (Phi) is 3.39. The quantitative estimate of drug-likeness (QED) is 0.840. The van der Waals surface area contributed by atoms with Gasteiger partial charge in [0, 0.05) is 6.04 Å². The summed E-state index contributed by atoms with van der Waals surface area (Å²) in [7, 11) is -3.50. The summed E-state index contributed by atoms with van der Waals surface area (Å²) in [4.78, 5) is 0. The molecule has 6 nitrogen and oxygen atoms in total. The highest BCUT2D eigenvalue weighted by molar-refractivity contribution is 7.89. The van der Waals surface area contributed by atoms with E-state index in [1.54, 1.807) is 18.2 Å². The Hall–Kier alpha value is -1.60. The fraction of sp³-hybridized carbons (Fsp3) is 0.462. The molecule has 0 unspecified atom stereocenters. The molecule has 20 heavy (non-hydrogen) atoms. The number of hydrogen-bond acceptors (Lipinski definition) is 5. The Balaban J connectivity index is 1.86. The highest BCUT2D eigenvalue weighted by Gasteiger charge is 2.25. The van der Waals surface area contributed by atoms with Gasteiger partial charge in [-0.3, -0.25) is 0 Å². The van der Waals surface area contributed by atoms with Crippen LogP contribution in [-0.4, -0.2) is 33.4 Å². The third-order valence-corrected chi connectivity index (χ3v) is 4.70. The van der Waals surface area contributed by atoms with Crippen LogP contribution in [0.2, 0.25) is 0 Å². The normalized spacial score (nSPS) is 24.0. The van der Waals surface area contributed by atoms with Crippen molar-refractivity contribution in [2.75, 3.05) is 13.2 Å². The topological polar surface area (TPSA) is 93.8 Å². The average molecular weight is 295 g/mol. The Labute approximate surface area is 118 Å². The molecule has 1 saturated heterocycles. The molecule has 0 bridgehead atoms. The second-order valence-corrected chi connectivity index (χ2v) is 6.73. The van der Waals surface area contributed by atoms with Crippen molar-refractivity contribution in [1.82, 2.24) is 5.32 Å². The van der Waals surface area contributed by atoms with Crippen molar-refractivity contribution in [3.05, 3.63) is 29.3 Å². The second-order valence-electron chi connectivity index (χ2n) is 5.10. The van der Waals surface area contributed by atoms with E-state index in [1.165, 1.54) is 0 Å². The molecule has 0 spiro atoms. The summed E-state index contributed by atoms with van der Waals surface area (Å²) in [5, 5.41) is 3.35. The molecule has 2 aliphatic rings. The van der Waals surface area contributed by atoms with Gasteiger partial charge in [-0.05, 0) is 31.0 Å². The van der Waals surface area contributed by atoms with Crippen molar-refractivity contribution in [2.24, 2.45) is 10.1 Å². The number of nitrogens with zero attached hydrogens (tertiary/aromatic N) is 1. The van der Waals surface area contributed by atoms with Gasteiger partial charge in [-0.15, -0.1) is 4.40 Å². The molecule has 0 amide bonds. The molecule has 2 heterocycles. The van der Waals surface area contributed by atoms with E-state index in [-0.39, 0.29) is 11.6 Å². The van der Waals surface area contributed by atoms with E-state index in [2.05, 4.69) is 9.71 Å². The predicted molar refractivity (Wildman–Crippen MR) is 76.3 cm³/mol. The molecular weight excluding hydrogens is 278 g/mol. The monoisotopic (exact) mass is 295 g/mol. The van der Waals surface area contributed by atoms with Crippen LogP contribution in [0.3, 0.4) is 0 Å². The first-order chi connectivity index (χ1) is 9.55. The van der Waals surface area contributed by atoms with E-state index >= 15 is 0 Å². The number of nitrogens with two attached hydrogens (primary N) is 1. The number of rotatable bonds is 3. The lowest BCUT2D eigenvalue weighted by Gasteiger charge is -2.19. The first kappa shape index (κ1) is 13.4. The maximum absolute atomic E-state index is 11.6. The van der Waals surface area contributed by atoms with Crippen LogP contribution in [0.1, 0.15) is 24.0 Å². The van der Waals surface area contributed by atoms with Crippen LogP contribution < -0.4 is 15.8 Å². The fourth-order valence-corrected chi connectivity index (χ4v) is 3.71. The number of nitrogens with one attached hydrogen (secondary N) is 1. The lowest BCUT2D eigenvalue weighted by atomic mass is 10.1. The van der Waals surface area contributed by atoms with Gasteiger partial charge < -0.3 is 15.8 Å². The highest BCUT2D eigenvalue weighted by Crippen LogP contribution is 2.28. The Bertz CT molecular complexity index is 649. The fourth-order valence-electron chi connectivity index (χ4n) is 2.62. The lowest BCUT2D eigenvalue weighted by molar-refractivity contribution is 0.276. The second kappa shape index (κ2) is 5.06. The van der Waals surface area contributed by atoms with Crippen molar-refractivity contribution in [3.63, 3.8) is 0 Å². The van der Waals surface area contributed by atoms with Crippen molar-refractivity contribution < 1.29 is 13.2 Å². The SMILES string of the molecule is NC1=NS(=O)(=O)Cc2cccc(OC[C@@H]3CCCN3)c21. The lowest BCUT2D eigenvalue weighted by Crippen LogP contribution is -2.29. The van der Waals surface area contributed by atoms with Crippen LogP contribution in [0.15, 0.2) is 22.6 Å². The molecule has 2 aliphatic heterocycles. The zero-order valence-electron chi connectivity index (χ0n) is 11.0. The van der Waals surface area contributed by atoms with E-state index in [0.29, 0.717) is 29.5 Å². The number of sulfonamides is 1. The van der Waals surface area contributed by atoms with E-state index in [4.69, 9.17) is 10.5 Å². The molecule has 1 aromatic carbocycles. The molecule has 1 atom stereocenters. The minimum atomic E-state index is -3.50. The predicted octanol–water partition coefficient (Wildman–Crippen LogP) is 0.366. The number of fused-ring (bicyclic) bond motifs is 1. The molecule has 3 rings (SSSR count). The van der Waals surface area contributed by atoms with Gasteiger partial charge in [-0.25, -0.2) is 8.42 Å². The van der Waals surface area contributed by atoms with Crippen molar-refractivity contribution >= 4 is 15.9 Å². The molecule has 7 heteroatoms. The molecule has 1 fully saturated rings. The first-order valence-corrected chi connectivity index (χ1v) is 8.23. The van der Waals surface area contributed by atoms with Gasteiger partial charge in [0.15, 0.2) is 0 Å². The van der Waals surface area contributed by atoms with Gasteiger partial charge in [0.05, 0.1) is 11.3 Å². The third kappa shape index (κ3) is 2.64. The molecular formula is C13H17N3O3S. The van der Waals surface area contributed by atoms with E-state index < -0.39 is 10.0 Å². The van der Waals surface area contributed by atoms with Gasteiger partial charge in [0.2, 0.25) is 0 Å². The molecule has 108 valence electrons. The van der Waals surface area contributed by atoms with E-state index in [1.807, 2.05) is 0 Å². The highest BCUT2D eigenvalue weighted by atomic mass is 32.2. The molecule has 3 N–H and O–H groups in total. The van der Waals surface area contributed by atoms with Crippen LogP contribution in [0.5, 0.6) is 5.75 Å². The molecule has 0 aromatic heterocycles. The summed E-state index contributed by atoms with van der Waals surface area (Å²) in [6.45, 7) is 1.57. The number of benzene rings is 1. The van der Waals surface area contributed by atoms with Gasteiger partial charge in [0.1, 0.15) is 18.2 Å². The summed E-state index contributed by atoms with van der Waals surface area (Å²) < 4.78 is 32.5. The van der Waals surface area contributed by atoms with Gasteiger partial charge in [0.25, 0.3) is 10.0 Å². The summed E-state index contributed by atoms with van der Waals surface area (Å²) >= 11 is 0. The van der Waals surface area contributed by atoms with Crippen LogP contribution in [0.25, 0.3) is 0 Å². The van der Waals surface area contributed by atoms with Gasteiger partial charge in [-0.2, -0.15) is 0 Å². The van der Waals surface area contributed by atoms with Gasteiger partial charge in [-0.1, -0.05) is 12.1 Å². The minimum Gasteiger partial charge on any atom is -0.491 e. The first-order valence-electron chi connectivity index (χ1n) is 6.62. The Morgan fingerprint density at radius 1 is 1.45 bits per heavy atom. The van der Waals surface area contributed by atoms with Crippen molar-refractivity contribution in [2.45, 2.75) is 24.6 Å². The summed E-state index contributed by atoms with van der Waals surface area (Å²) in [5.74, 6) is 0.496. The largest absolute Gasteiger partial charge is 0.491 e. The maximum atomic E-state index is 11.6. The van der Waals surface area contributed by atoms with Crippen molar-refractivity contribution in [3.8, 4) is 5.75 Å². The van der Waals surface area contributed by atoms with Gasteiger partial charge >= 0.3 is 0 Å². The molecule has 0 saturated carbocycles. The summed E-state index contributed by atoms with van der Waals surface area (Å²) in [5.41, 5.74) is 7.04. The van der Waals surface area contributed by atoms with Crippen LogP contribution in [0.4, 0.5) is 0 Å². The van der Waals surface area contributed by atoms with Crippen molar-refractivity contribution in [1.29, 1.82) is 0 Å². The van der Waals surface area contributed by atoms with E-state index in [9.17, 15) is 8.42 Å². The van der Waals surface area contributed by atoms with Crippen LogP contribution >= 0.6 is 0 Å². The van der Waals surface area contributed by atoms with Crippen LogP contribution in [-0.2, 0) is 15.8 Å². The zero-order chi connectivity index (χ0) is 14.2. The van der Waals surface area contributed by atoms with Crippen LogP contribution in [0, 0.1) is 0 Å². The standard InChI is InChI=1S/C13H17N3O3S/c14-13-12-9(8-20(17,18)16-13)3-1-5-11(12)19-7-10-4-2-6-15-10/h1,3,5,10,15H,2,4,6-8H2,(H2,14,16)/t10-/m0/s1. The van der Waals surface area contributed by atoms with E-state index in [0.717, 1.165) is 19.4 Å². The zero-order valence-corrected chi connectivity index (χ0v) is 11.8. The number of amidine groups is 1. The average Bonchev–Trinajstić information content (AvgIpc) is 2.87. The summed E-state index contributed by atoms with van der Waals surface area (Å²) in [6.07, 6.45) is 2.25. The minimum absolute atomic E-state index is 0.0150. The third-order valence-electron chi connectivity index (χ3n) is 3.55. The smallest absolute Gasteiger partial charge is 0.259 e.